The van der Waals surface area contributed by atoms with Crippen molar-refractivity contribution in [2.45, 2.75) is 34.2 Å². The fraction of sp³-hybridized carbons (Fsp3) is 0.207. The molecule has 0 saturated heterocycles. The van der Waals surface area contributed by atoms with Crippen LogP contribution in [0.3, 0.4) is 0 Å². The monoisotopic (exact) mass is 480 g/mol. The normalized spacial score (nSPS) is 11.4. The summed E-state index contributed by atoms with van der Waals surface area (Å²) in [5.74, 6) is -0.338. The predicted molar refractivity (Wildman–Crippen MR) is 144 cm³/mol. The summed E-state index contributed by atoms with van der Waals surface area (Å²) in [6.07, 6.45) is 0. The first-order valence-electron chi connectivity index (χ1n) is 11.8. The van der Waals surface area contributed by atoms with Gasteiger partial charge in [-0.3, -0.25) is 14.2 Å². The van der Waals surface area contributed by atoms with Gasteiger partial charge in [-0.25, -0.2) is 9.36 Å². The van der Waals surface area contributed by atoms with Crippen LogP contribution in [0.4, 0.5) is 5.69 Å². The molecule has 182 valence electrons. The fourth-order valence-electron chi connectivity index (χ4n) is 4.87. The molecule has 0 aliphatic rings. The number of nitrogens with one attached hydrogen (secondary N) is 1. The van der Waals surface area contributed by atoms with E-state index < -0.39 is 11.2 Å². The van der Waals surface area contributed by atoms with Gasteiger partial charge in [-0.2, -0.15) is 0 Å². The molecule has 1 N–H and O–H groups in total. The first-order valence-corrected chi connectivity index (χ1v) is 11.8. The lowest BCUT2D eigenvalue weighted by Crippen LogP contribution is -2.41. The molecule has 0 atom stereocenters. The molecule has 36 heavy (non-hydrogen) atoms. The van der Waals surface area contributed by atoms with Gasteiger partial charge in [0.15, 0.2) is 0 Å². The minimum absolute atomic E-state index is 0.234. The lowest BCUT2D eigenvalue weighted by molar-refractivity contribution is -0.116. The topological polar surface area (TPSA) is 78.0 Å². The third-order valence-electron chi connectivity index (χ3n) is 6.77. The number of anilines is 1. The Hall–Kier alpha value is -4.39. The van der Waals surface area contributed by atoms with Crippen molar-refractivity contribution in [3.8, 4) is 5.69 Å². The number of hydrogen-bond donors (Lipinski definition) is 1. The minimum atomic E-state index is -0.554. The molecule has 0 fully saturated rings. The number of aromatic nitrogens is 3. The summed E-state index contributed by atoms with van der Waals surface area (Å²) in [6, 6.07) is 18.9. The van der Waals surface area contributed by atoms with Crippen LogP contribution >= 0.6 is 0 Å². The van der Waals surface area contributed by atoms with Crippen molar-refractivity contribution in [2.75, 3.05) is 5.32 Å². The summed E-state index contributed by atoms with van der Waals surface area (Å²) >= 11 is 0. The smallest absolute Gasteiger partial charge is 0.336 e. The number of hydrogen-bond acceptors (Lipinski definition) is 3. The summed E-state index contributed by atoms with van der Waals surface area (Å²) < 4.78 is 4.37. The summed E-state index contributed by atoms with van der Waals surface area (Å²) in [4.78, 5) is 40.9. The van der Waals surface area contributed by atoms with E-state index in [-0.39, 0.29) is 12.5 Å². The molecule has 1 amide bonds. The first kappa shape index (κ1) is 23.4. The zero-order chi connectivity index (χ0) is 25.7. The zero-order valence-electron chi connectivity index (χ0n) is 21.0. The first-order chi connectivity index (χ1) is 17.2. The number of amides is 1. The van der Waals surface area contributed by atoms with Gasteiger partial charge in [0, 0.05) is 18.1 Å². The number of para-hydroxylation sites is 1. The molecule has 0 spiro atoms. The van der Waals surface area contributed by atoms with Crippen LogP contribution < -0.4 is 16.6 Å². The largest absolute Gasteiger partial charge is 0.338 e. The second kappa shape index (κ2) is 8.68. The maximum atomic E-state index is 13.9. The number of rotatable bonds is 4. The summed E-state index contributed by atoms with van der Waals surface area (Å²) in [6.45, 7) is 7.53. The molecule has 2 heterocycles. The molecule has 0 unspecified atom stereocenters. The lowest BCUT2D eigenvalue weighted by Gasteiger charge is -2.15. The Morgan fingerprint density at radius 1 is 0.833 bits per heavy atom. The van der Waals surface area contributed by atoms with E-state index >= 15 is 0 Å². The highest BCUT2D eigenvalue weighted by Crippen LogP contribution is 2.27. The van der Waals surface area contributed by atoms with Crippen LogP contribution in [0.25, 0.3) is 27.6 Å². The van der Waals surface area contributed by atoms with Crippen molar-refractivity contribution >= 4 is 33.5 Å². The Balaban J connectivity index is 1.78. The van der Waals surface area contributed by atoms with E-state index in [0.29, 0.717) is 16.7 Å². The summed E-state index contributed by atoms with van der Waals surface area (Å²) in [5.41, 5.74) is 5.76. The average Bonchev–Trinajstić information content (AvgIpc) is 3.12. The van der Waals surface area contributed by atoms with E-state index in [0.717, 1.165) is 43.4 Å². The van der Waals surface area contributed by atoms with E-state index in [1.165, 1.54) is 4.57 Å². The average molecular weight is 481 g/mol. The van der Waals surface area contributed by atoms with Crippen LogP contribution in [0.5, 0.6) is 0 Å². The second-order valence-corrected chi connectivity index (χ2v) is 9.44. The molecule has 0 bridgehead atoms. The quantitative estimate of drug-likeness (QED) is 0.411. The highest BCUT2D eigenvalue weighted by atomic mass is 16.2. The number of nitrogens with zero attached hydrogens (tertiary/aromatic N) is 3. The lowest BCUT2D eigenvalue weighted by atomic mass is 10.1. The number of fused-ring (bicyclic) bond motifs is 3. The van der Waals surface area contributed by atoms with Crippen LogP contribution in [0, 0.1) is 27.7 Å². The standard InChI is InChI=1S/C29H28N4O3/c1-17-9-12-21(13-10-17)33-28(35)27-26(22-15-18(2)11-14-23(22)31(27)5)32(29(33)36)16-24(34)30-25-19(3)7-6-8-20(25)4/h6-15H,16H2,1-5H3,(H,30,34). The Morgan fingerprint density at radius 2 is 1.47 bits per heavy atom. The molecule has 0 saturated carbocycles. The van der Waals surface area contributed by atoms with Gasteiger partial charge in [-0.15, -0.1) is 0 Å². The highest BCUT2D eigenvalue weighted by Gasteiger charge is 2.23. The third-order valence-corrected chi connectivity index (χ3v) is 6.77. The van der Waals surface area contributed by atoms with Crippen molar-refractivity contribution in [1.29, 1.82) is 0 Å². The van der Waals surface area contributed by atoms with Crippen molar-refractivity contribution < 1.29 is 4.79 Å². The van der Waals surface area contributed by atoms with Crippen LogP contribution in [0.1, 0.15) is 22.3 Å². The Kier molecular flexibility index (Phi) is 5.63. The van der Waals surface area contributed by atoms with Gasteiger partial charge in [0.1, 0.15) is 12.1 Å². The second-order valence-electron chi connectivity index (χ2n) is 9.44. The van der Waals surface area contributed by atoms with Gasteiger partial charge < -0.3 is 9.88 Å². The molecular weight excluding hydrogens is 452 g/mol. The van der Waals surface area contributed by atoms with Crippen molar-refractivity contribution in [3.63, 3.8) is 0 Å². The van der Waals surface area contributed by atoms with E-state index in [4.69, 9.17) is 0 Å². The van der Waals surface area contributed by atoms with E-state index in [1.807, 2.05) is 83.3 Å². The van der Waals surface area contributed by atoms with E-state index in [2.05, 4.69) is 5.32 Å². The number of benzene rings is 3. The Labute approximate surface area is 208 Å². The van der Waals surface area contributed by atoms with Crippen LogP contribution in [0.15, 0.2) is 70.3 Å². The summed E-state index contributed by atoms with van der Waals surface area (Å²) in [7, 11) is 1.81. The van der Waals surface area contributed by atoms with Crippen molar-refractivity contribution in [1.82, 2.24) is 13.7 Å². The molecule has 0 aliphatic carbocycles. The number of carbonyl (C=O) groups is 1. The Bertz CT molecular complexity index is 1770. The number of aryl methyl sites for hydroxylation is 5. The van der Waals surface area contributed by atoms with Gasteiger partial charge in [0.25, 0.3) is 5.56 Å². The maximum absolute atomic E-state index is 13.9. The van der Waals surface area contributed by atoms with E-state index in [1.54, 1.807) is 16.7 Å². The van der Waals surface area contributed by atoms with Crippen molar-refractivity contribution in [3.05, 3.63) is 104 Å². The molecule has 7 nitrogen and oxygen atoms in total. The van der Waals surface area contributed by atoms with Gasteiger partial charge in [-0.05, 0) is 63.1 Å². The molecule has 5 rings (SSSR count). The van der Waals surface area contributed by atoms with Crippen LogP contribution in [0.2, 0.25) is 0 Å². The fourth-order valence-corrected chi connectivity index (χ4v) is 4.87. The van der Waals surface area contributed by atoms with Gasteiger partial charge in [-0.1, -0.05) is 47.5 Å². The SMILES string of the molecule is Cc1ccc(-n2c(=O)c3c(c4cc(C)ccc4n3C)n(CC(=O)Nc3c(C)cccc3C)c2=O)cc1. The highest BCUT2D eigenvalue weighted by molar-refractivity contribution is 6.06. The molecule has 0 radical (unpaired) electrons. The van der Waals surface area contributed by atoms with E-state index in [9.17, 15) is 14.4 Å². The van der Waals surface area contributed by atoms with Gasteiger partial charge in [0.2, 0.25) is 5.91 Å². The molecular formula is C29H28N4O3. The molecule has 7 heteroatoms. The molecule has 3 aromatic carbocycles. The minimum Gasteiger partial charge on any atom is -0.338 e. The molecule has 2 aromatic heterocycles. The maximum Gasteiger partial charge on any atom is 0.336 e. The summed E-state index contributed by atoms with van der Waals surface area (Å²) in [5, 5.41) is 3.74. The van der Waals surface area contributed by atoms with Crippen LogP contribution in [-0.2, 0) is 18.4 Å². The predicted octanol–water partition coefficient (Wildman–Crippen LogP) is 4.52. The third kappa shape index (κ3) is 3.73. The Morgan fingerprint density at radius 3 is 2.14 bits per heavy atom. The molecule has 0 aliphatic heterocycles. The van der Waals surface area contributed by atoms with Gasteiger partial charge >= 0.3 is 5.69 Å². The number of carbonyl (C=O) groups excluding carboxylic acids is 1. The molecule has 5 aromatic rings. The van der Waals surface area contributed by atoms with Crippen LogP contribution in [-0.4, -0.2) is 19.6 Å². The van der Waals surface area contributed by atoms with Crippen molar-refractivity contribution in [2.24, 2.45) is 7.05 Å². The zero-order valence-corrected chi connectivity index (χ0v) is 21.0. The van der Waals surface area contributed by atoms with Gasteiger partial charge in [0.05, 0.1) is 16.7 Å².